The summed E-state index contributed by atoms with van der Waals surface area (Å²) >= 11 is 0. The molecule has 1 aliphatic rings. The molecule has 1 aliphatic heterocycles. The fourth-order valence-electron chi connectivity index (χ4n) is 4.35. The van der Waals surface area contributed by atoms with Gasteiger partial charge in [-0.05, 0) is 48.5 Å². The van der Waals surface area contributed by atoms with Gasteiger partial charge in [-0.3, -0.25) is 10.1 Å². The van der Waals surface area contributed by atoms with Crippen molar-refractivity contribution < 1.29 is 18.9 Å². The van der Waals surface area contributed by atoms with Crippen LogP contribution >= 0.6 is 0 Å². The molecular weight excluding hydrogens is 462 g/mol. The molecule has 0 saturated carbocycles. The molecule has 3 aromatic carbocycles. The third-order valence-electron chi connectivity index (χ3n) is 6.24. The summed E-state index contributed by atoms with van der Waals surface area (Å²) in [6, 6.07) is 20.2. The molecule has 0 bridgehead atoms. The Labute approximate surface area is 207 Å². The smallest absolute Gasteiger partial charge is 0.293 e. The summed E-state index contributed by atoms with van der Waals surface area (Å²) in [6.45, 7) is 2.71. The Bertz CT molecular complexity index is 1360. The third kappa shape index (κ3) is 4.52. The monoisotopic (exact) mass is 487 g/mol. The van der Waals surface area contributed by atoms with E-state index in [1.54, 1.807) is 38.5 Å². The molecule has 0 amide bonds. The number of benzene rings is 3. The SMILES string of the molecule is COc1ccc(-c2noc(-c3ccc(N4CCN(c5ccccc5OC)CC4)c([N+](=O)[O-])c3)n2)cc1. The van der Waals surface area contributed by atoms with Crippen molar-refractivity contribution in [3.63, 3.8) is 0 Å². The van der Waals surface area contributed by atoms with Crippen LogP contribution in [0.1, 0.15) is 0 Å². The Balaban J connectivity index is 1.35. The lowest BCUT2D eigenvalue weighted by Crippen LogP contribution is -2.46. The molecule has 0 unspecified atom stereocenters. The van der Waals surface area contributed by atoms with Crippen molar-refractivity contribution in [2.24, 2.45) is 0 Å². The fraction of sp³-hybridized carbons (Fsp3) is 0.231. The first-order valence-electron chi connectivity index (χ1n) is 11.5. The number of para-hydroxylation sites is 2. The van der Waals surface area contributed by atoms with Gasteiger partial charge >= 0.3 is 0 Å². The van der Waals surface area contributed by atoms with Crippen molar-refractivity contribution in [1.82, 2.24) is 10.1 Å². The van der Waals surface area contributed by atoms with Gasteiger partial charge in [0, 0.05) is 43.4 Å². The number of ether oxygens (including phenoxy) is 2. The third-order valence-corrected chi connectivity index (χ3v) is 6.24. The molecule has 0 spiro atoms. The highest BCUT2D eigenvalue weighted by Crippen LogP contribution is 2.35. The summed E-state index contributed by atoms with van der Waals surface area (Å²) in [5.74, 6) is 2.15. The number of nitro benzene ring substituents is 1. The molecule has 2 heterocycles. The standard InChI is InChI=1S/C26H25N5O5/c1-34-20-10-7-18(8-11-20)25-27-26(36-28-25)19-9-12-21(23(17-19)31(32)33)29-13-15-30(16-14-29)22-5-3-4-6-24(22)35-2/h3-12,17H,13-16H2,1-2H3. The van der Waals surface area contributed by atoms with Gasteiger partial charge in [-0.25, -0.2) is 0 Å². The van der Waals surface area contributed by atoms with E-state index < -0.39 is 0 Å². The molecule has 0 radical (unpaired) electrons. The van der Waals surface area contributed by atoms with Crippen LogP contribution < -0.4 is 19.3 Å². The van der Waals surface area contributed by atoms with Crippen LogP contribution in [0.4, 0.5) is 17.1 Å². The van der Waals surface area contributed by atoms with Crippen LogP contribution in [0.25, 0.3) is 22.8 Å². The second-order valence-electron chi connectivity index (χ2n) is 8.26. The van der Waals surface area contributed by atoms with Crippen molar-refractivity contribution in [3.05, 3.63) is 76.8 Å². The molecule has 0 aliphatic carbocycles. The molecule has 1 saturated heterocycles. The second kappa shape index (κ2) is 9.95. The first kappa shape index (κ1) is 23.2. The number of rotatable bonds is 7. The first-order valence-corrected chi connectivity index (χ1v) is 11.5. The van der Waals surface area contributed by atoms with Crippen molar-refractivity contribution in [2.45, 2.75) is 0 Å². The van der Waals surface area contributed by atoms with E-state index in [2.05, 4.69) is 15.0 Å². The van der Waals surface area contributed by atoms with E-state index in [0.717, 1.165) is 22.7 Å². The lowest BCUT2D eigenvalue weighted by atomic mass is 10.1. The minimum Gasteiger partial charge on any atom is -0.497 e. The second-order valence-corrected chi connectivity index (χ2v) is 8.26. The highest BCUT2D eigenvalue weighted by Gasteiger charge is 2.26. The van der Waals surface area contributed by atoms with Crippen LogP contribution in [0.15, 0.2) is 71.3 Å². The van der Waals surface area contributed by atoms with Crippen LogP contribution in [0.3, 0.4) is 0 Å². The summed E-state index contributed by atoms with van der Waals surface area (Å²) in [5, 5.41) is 16.0. The molecule has 1 fully saturated rings. The zero-order valence-electron chi connectivity index (χ0n) is 20.0. The highest BCUT2D eigenvalue weighted by atomic mass is 16.6. The fourth-order valence-corrected chi connectivity index (χ4v) is 4.35. The van der Waals surface area contributed by atoms with E-state index in [9.17, 15) is 10.1 Å². The summed E-state index contributed by atoms with van der Waals surface area (Å²) in [7, 11) is 3.25. The Kier molecular flexibility index (Phi) is 6.40. The zero-order valence-corrected chi connectivity index (χ0v) is 20.0. The molecule has 1 aromatic heterocycles. The van der Waals surface area contributed by atoms with Crippen LogP contribution in [0, 0.1) is 10.1 Å². The summed E-state index contributed by atoms with van der Waals surface area (Å²) in [4.78, 5) is 20.3. The van der Waals surface area contributed by atoms with E-state index in [0.29, 0.717) is 43.3 Å². The molecule has 10 nitrogen and oxygen atoms in total. The van der Waals surface area contributed by atoms with Crippen LogP contribution in [0.2, 0.25) is 0 Å². The number of piperazine rings is 1. The van der Waals surface area contributed by atoms with Gasteiger partial charge in [0.25, 0.3) is 11.6 Å². The minimum absolute atomic E-state index is 0.00226. The molecule has 0 atom stereocenters. The lowest BCUT2D eigenvalue weighted by molar-refractivity contribution is -0.384. The normalized spacial score (nSPS) is 13.5. The quantitative estimate of drug-likeness (QED) is 0.272. The maximum absolute atomic E-state index is 12.0. The number of anilines is 2. The Morgan fingerprint density at radius 3 is 2.19 bits per heavy atom. The minimum atomic E-state index is -0.369. The van der Waals surface area contributed by atoms with E-state index in [4.69, 9.17) is 14.0 Å². The summed E-state index contributed by atoms with van der Waals surface area (Å²) < 4.78 is 16.1. The zero-order chi connectivity index (χ0) is 25.1. The van der Waals surface area contributed by atoms with Gasteiger partial charge in [-0.1, -0.05) is 17.3 Å². The van der Waals surface area contributed by atoms with Gasteiger partial charge in [0.05, 0.1) is 24.8 Å². The number of nitro groups is 1. The van der Waals surface area contributed by atoms with Crippen molar-refractivity contribution in [1.29, 1.82) is 0 Å². The van der Waals surface area contributed by atoms with Gasteiger partial charge in [0.2, 0.25) is 5.82 Å². The summed E-state index contributed by atoms with van der Waals surface area (Å²) in [5.41, 5.74) is 2.84. The lowest BCUT2D eigenvalue weighted by Gasteiger charge is -2.37. The molecule has 4 aromatic rings. The highest BCUT2D eigenvalue weighted by molar-refractivity contribution is 5.72. The molecule has 5 rings (SSSR count). The number of hydrogen-bond donors (Lipinski definition) is 0. The number of nitrogens with zero attached hydrogens (tertiary/aromatic N) is 5. The maximum Gasteiger partial charge on any atom is 0.293 e. The average Bonchev–Trinajstić information content (AvgIpc) is 3.43. The predicted molar refractivity (Wildman–Crippen MR) is 136 cm³/mol. The summed E-state index contributed by atoms with van der Waals surface area (Å²) in [6.07, 6.45) is 0. The molecule has 10 heteroatoms. The van der Waals surface area contributed by atoms with Gasteiger partial charge in [-0.15, -0.1) is 0 Å². The van der Waals surface area contributed by atoms with E-state index in [1.807, 2.05) is 41.3 Å². The van der Waals surface area contributed by atoms with Crippen molar-refractivity contribution in [2.75, 3.05) is 50.2 Å². The van der Waals surface area contributed by atoms with E-state index >= 15 is 0 Å². The van der Waals surface area contributed by atoms with Gasteiger partial charge < -0.3 is 23.8 Å². The van der Waals surface area contributed by atoms with Crippen LogP contribution in [-0.4, -0.2) is 55.5 Å². The Morgan fingerprint density at radius 1 is 0.861 bits per heavy atom. The average molecular weight is 488 g/mol. The predicted octanol–water partition coefficient (Wildman–Crippen LogP) is 4.66. The van der Waals surface area contributed by atoms with Gasteiger partial charge in [-0.2, -0.15) is 4.98 Å². The van der Waals surface area contributed by atoms with Gasteiger partial charge in [0.15, 0.2) is 0 Å². The largest absolute Gasteiger partial charge is 0.497 e. The Hall–Kier alpha value is -4.60. The van der Waals surface area contributed by atoms with E-state index in [1.165, 1.54) is 6.07 Å². The van der Waals surface area contributed by atoms with Gasteiger partial charge in [0.1, 0.15) is 17.2 Å². The number of hydrogen-bond acceptors (Lipinski definition) is 9. The number of methoxy groups -OCH3 is 2. The first-order chi connectivity index (χ1) is 17.6. The van der Waals surface area contributed by atoms with E-state index in [-0.39, 0.29) is 16.5 Å². The molecular formula is C26H25N5O5. The van der Waals surface area contributed by atoms with Crippen molar-refractivity contribution >= 4 is 17.1 Å². The van der Waals surface area contributed by atoms with Crippen molar-refractivity contribution in [3.8, 4) is 34.3 Å². The molecule has 36 heavy (non-hydrogen) atoms. The molecule has 0 N–H and O–H groups in total. The molecule has 184 valence electrons. The topological polar surface area (TPSA) is 107 Å². The Morgan fingerprint density at radius 2 is 1.53 bits per heavy atom. The van der Waals surface area contributed by atoms with Crippen LogP contribution in [-0.2, 0) is 0 Å². The van der Waals surface area contributed by atoms with Crippen LogP contribution in [0.5, 0.6) is 11.5 Å². The number of aromatic nitrogens is 2. The maximum atomic E-state index is 12.0.